The molecule has 0 bridgehead atoms. The number of hydrogen-bond donors (Lipinski definition) is 2. The molecule has 2 unspecified atom stereocenters. The molecule has 1 saturated heterocycles. The molecule has 1 aliphatic carbocycles. The highest BCUT2D eigenvalue weighted by Crippen LogP contribution is 2.25. The van der Waals surface area contributed by atoms with Crippen molar-refractivity contribution in [3.05, 3.63) is 35.4 Å². The molecule has 2 atom stereocenters. The monoisotopic (exact) mass is 385 g/mol. The van der Waals surface area contributed by atoms with Crippen LogP contribution in [0.4, 0.5) is 0 Å². The van der Waals surface area contributed by atoms with Crippen molar-refractivity contribution in [3.63, 3.8) is 0 Å². The lowest BCUT2D eigenvalue weighted by Gasteiger charge is -2.37. The molecule has 0 radical (unpaired) electrons. The first-order valence-corrected chi connectivity index (χ1v) is 11.0. The lowest BCUT2D eigenvalue weighted by Crippen LogP contribution is -2.50. The second kappa shape index (κ2) is 10.1. The van der Waals surface area contributed by atoms with Gasteiger partial charge in [0.25, 0.3) is 0 Å². The Labute approximate surface area is 169 Å². The van der Waals surface area contributed by atoms with Gasteiger partial charge in [-0.05, 0) is 37.3 Å². The minimum absolute atomic E-state index is 0.0633. The van der Waals surface area contributed by atoms with E-state index in [9.17, 15) is 9.59 Å². The van der Waals surface area contributed by atoms with Crippen LogP contribution >= 0.6 is 0 Å². The molecule has 5 nitrogen and oxygen atoms in total. The molecule has 3 rings (SSSR count). The number of hydrogen-bond acceptors (Lipinski definition) is 3. The number of piperazine rings is 1. The number of nitrogens with zero attached hydrogens (tertiary/aromatic N) is 1. The molecule has 1 aliphatic heterocycles. The fourth-order valence-electron chi connectivity index (χ4n) is 4.43. The van der Waals surface area contributed by atoms with Crippen LogP contribution in [0.15, 0.2) is 24.3 Å². The lowest BCUT2D eigenvalue weighted by molar-refractivity contribution is -0.135. The zero-order valence-corrected chi connectivity index (χ0v) is 17.4. The summed E-state index contributed by atoms with van der Waals surface area (Å²) in [6, 6.07) is 8.53. The Balaban J connectivity index is 1.58. The van der Waals surface area contributed by atoms with Crippen molar-refractivity contribution in [3.8, 4) is 0 Å². The summed E-state index contributed by atoms with van der Waals surface area (Å²) in [5, 5.41) is 6.50. The maximum atomic E-state index is 13.0. The maximum Gasteiger partial charge on any atom is 0.225 e. The predicted octanol–water partition coefficient (Wildman–Crippen LogP) is 3.20. The largest absolute Gasteiger partial charge is 0.353 e. The van der Waals surface area contributed by atoms with E-state index < -0.39 is 0 Å². The van der Waals surface area contributed by atoms with E-state index in [2.05, 4.69) is 41.8 Å². The van der Waals surface area contributed by atoms with Gasteiger partial charge in [-0.25, -0.2) is 0 Å². The van der Waals surface area contributed by atoms with Crippen LogP contribution in [0.5, 0.6) is 0 Å². The van der Waals surface area contributed by atoms with Gasteiger partial charge in [0.15, 0.2) is 0 Å². The molecule has 5 heteroatoms. The third-order valence-electron chi connectivity index (χ3n) is 6.18. The third kappa shape index (κ3) is 5.34. The van der Waals surface area contributed by atoms with Crippen LogP contribution in [0, 0.1) is 5.92 Å². The first-order chi connectivity index (χ1) is 13.6. The number of aryl methyl sites for hydroxylation is 1. The van der Waals surface area contributed by atoms with E-state index >= 15 is 0 Å². The van der Waals surface area contributed by atoms with Gasteiger partial charge in [0, 0.05) is 38.0 Å². The first kappa shape index (κ1) is 20.8. The summed E-state index contributed by atoms with van der Waals surface area (Å²) in [5.41, 5.74) is 2.49. The van der Waals surface area contributed by atoms with E-state index in [-0.39, 0.29) is 29.8 Å². The van der Waals surface area contributed by atoms with Crippen molar-refractivity contribution in [1.29, 1.82) is 0 Å². The van der Waals surface area contributed by atoms with Crippen LogP contribution < -0.4 is 10.6 Å². The zero-order valence-electron chi connectivity index (χ0n) is 17.4. The summed E-state index contributed by atoms with van der Waals surface area (Å²) in [6.45, 7) is 6.41. The molecular formula is C23H35N3O2. The fraction of sp³-hybridized carbons (Fsp3) is 0.652. The maximum absolute atomic E-state index is 13.0. The molecule has 2 fully saturated rings. The zero-order chi connectivity index (χ0) is 19.9. The molecule has 0 spiro atoms. The molecule has 2 N–H and O–H groups in total. The van der Waals surface area contributed by atoms with E-state index in [1.165, 1.54) is 17.5 Å². The average Bonchev–Trinajstić information content (AvgIpc) is 2.74. The van der Waals surface area contributed by atoms with Crippen molar-refractivity contribution in [2.24, 2.45) is 5.92 Å². The van der Waals surface area contributed by atoms with Gasteiger partial charge in [-0.2, -0.15) is 0 Å². The van der Waals surface area contributed by atoms with Crippen LogP contribution in [0.25, 0.3) is 0 Å². The van der Waals surface area contributed by atoms with Gasteiger partial charge in [-0.15, -0.1) is 0 Å². The number of carbonyl (C=O) groups excluding carboxylic acids is 2. The fourth-order valence-corrected chi connectivity index (χ4v) is 4.43. The Morgan fingerprint density at radius 3 is 2.57 bits per heavy atom. The summed E-state index contributed by atoms with van der Waals surface area (Å²) in [6.07, 6.45) is 6.88. The number of nitrogens with one attached hydrogen (secondary N) is 2. The smallest absolute Gasteiger partial charge is 0.225 e. The summed E-state index contributed by atoms with van der Waals surface area (Å²) in [4.78, 5) is 27.5. The molecule has 1 saturated carbocycles. The van der Waals surface area contributed by atoms with Gasteiger partial charge in [0.05, 0.1) is 6.04 Å². The van der Waals surface area contributed by atoms with Gasteiger partial charge < -0.3 is 15.5 Å². The molecular weight excluding hydrogens is 350 g/mol. The quantitative estimate of drug-likeness (QED) is 0.790. The lowest BCUT2D eigenvalue weighted by atomic mass is 9.88. The molecule has 2 amide bonds. The average molecular weight is 386 g/mol. The molecule has 0 aromatic heterocycles. The molecule has 154 valence electrons. The second-order valence-corrected chi connectivity index (χ2v) is 8.35. The van der Waals surface area contributed by atoms with Gasteiger partial charge >= 0.3 is 0 Å². The van der Waals surface area contributed by atoms with Gasteiger partial charge in [0.2, 0.25) is 11.8 Å². The van der Waals surface area contributed by atoms with E-state index in [1.54, 1.807) is 0 Å². The normalized spacial score (nSPS) is 21.9. The van der Waals surface area contributed by atoms with Gasteiger partial charge in [-0.1, -0.05) is 50.5 Å². The molecule has 1 heterocycles. The highest BCUT2D eigenvalue weighted by molar-refractivity contribution is 5.81. The number of carbonyl (C=O) groups is 2. The highest BCUT2D eigenvalue weighted by atomic mass is 16.2. The Morgan fingerprint density at radius 2 is 1.89 bits per heavy atom. The summed E-state index contributed by atoms with van der Waals surface area (Å²) in [5.74, 6) is 0.393. The Kier molecular flexibility index (Phi) is 7.49. The number of benzene rings is 1. The van der Waals surface area contributed by atoms with Gasteiger partial charge in [-0.3, -0.25) is 9.59 Å². The first-order valence-electron chi connectivity index (χ1n) is 11.0. The standard InChI is InChI=1S/C23H35N3O2/c1-3-18-9-11-19(12-10-18)21-16-24-13-14-26(21)22(27)15-17(2)25-23(28)20-7-5-4-6-8-20/h9-12,17,20-21,24H,3-8,13-16H2,1-2H3,(H,25,28). The highest BCUT2D eigenvalue weighted by Gasteiger charge is 2.29. The van der Waals surface area contributed by atoms with Crippen LogP contribution in [-0.2, 0) is 16.0 Å². The summed E-state index contributed by atoms with van der Waals surface area (Å²) >= 11 is 0. The van der Waals surface area contributed by atoms with Crippen LogP contribution in [0.3, 0.4) is 0 Å². The predicted molar refractivity (Wildman–Crippen MR) is 112 cm³/mol. The van der Waals surface area contributed by atoms with Crippen LogP contribution in [0.2, 0.25) is 0 Å². The van der Waals surface area contributed by atoms with E-state index in [0.717, 1.165) is 45.2 Å². The van der Waals surface area contributed by atoms with Crippen LogP contribution in [-0.4, -0.2) is 42.4 Å². The Hall–Kier alpha value is -1.88. The number of rotatable bonds is 6. The third-order valence-corrected chi connectivity index (χ3v) is 6.18. The van der Waals surface area contributed by atoms with Crippen LogP contribution in [0.1, 0.15) is 69.5 Å². The van der Waals surface area contributed by atoms with Crippen molar-refractivity contribution in [1.82, 2.24) is 15.5 Å². The summed E-state index contributed by atoms with van der Waals surface area (Å²) in [7, 11) is 0. The van der Waals surface area contributed by atoms with E-state index in [0.29, 0.717) is 13.0 Å². The number of amides is 2. The molecule has 28 heavy (non-hydrogen) atoms. The van der Waals surface area contributed by atoms with Crippen molar-refractivity contribution in [2.75, 3.05) is 19.6 Å². The Bertz CT molecular complexity index is 652. The molecule has 2 aliphatic rings. The summed E-state index contributed by atoms with van der Waals surface area (Å²) < 4.78 is 0. The minimum atomic E-state index is -0.125. The molecule has 1 aromatic carbocycles. The molecule has 1 aromatic rings. The van der Waals surface area contributed by atoms with E-state index in [4.69, 9.17) is 0 Å². The Morgan fingerprint density at radius 1 is 1.18 bits per heavy atom. The topological polar surface area (TPSA) is 61.4 Å². The van der Waals surface area contributed by atoms with Gasteiger partial charge in [0.1, 0.15) is 0 Å². The van der Waals surface area contributed by atoms with Crippen molar-refractivity contribution >= 4 is 11.8 Å². The SMILES string of the molecule is CCc1ccc(C2CNCCN2C(=O)CC(C)NC(=O)C2CCCCC2)cc1. The minimum Gasteiger partial charge on any atom is -0.353 e. The van der Waals surface area contributed by atoms with E-state index in [1.807, 2.05) is 11.8 Å². The second-order valence-electron chi connectivity index (χ2n) is 8.35. The van der Waals surface area contributed by atoms with Crippen molar-refractivity contribution < 1.29 is 9.59 Å². The van der Waals surface area contributed by atoms with Crippen molar-refractivity contribution in [2.45, 2.75) is 70.9 Å².